The molecule has 0 heterocycles. The summed E-state index contributed by atoms with van der Waals surface area (Å²) in [7, 11) is 0. The van der Waals surface area contributed by atoms with E-state index in [1.165, 1.54) is 0 Å². The zero-order valence-corrected chi connectivity index (χ0v) is 17.2. The lowest BCUT2D eigenvalue weighted by Crippen LogP contribution is -2.25. The lowest BCUT2D eigenvalue weighted by molar-refractivity contribution is -0.384. The van der Waals surface area contributed by atoms with E-state index in [1.54, 1.807) is 0 Å². The molecule has 2 rings (SSSR count). The SMILES string of the molecule is CCCCN(CCCC)c1ccc(N=Nc2c(C#N)cc([N+](=O)[O-])cc2C#N)cc1. The molecule has 0 atom stereocenters. The van der Waals surface area contributed by atoms with Crippen LogP contribution >= 0.6 is 0 Å². The van der Waals surface area contributed by atoms with Gasteiger partial charge < -0.3 is 4.90 Å². The number of nitrogens with zero attached hydrogens (tertiary/aromatic N) is 6. The first-order valence-electron chi connectivity index (χ1n) is 9.93. The fraction of sp³-hybridized carbons (Fsp3) is 0.364. The third-order valence-corrected chi connectivity index (χ3v) is 4.59. The first kappa shape index (κ1) is 22.5. The van der Waals surface area contributed by atoms with Crippen molar-refractivity contribution >= 4 is 22.7 Å². The molecule has 0 bridgehead atoms. The Hall–Kier alpha value is -3.78. The average molecular weight is 404 g/mol. The van der Waals surface area contributed by atoms with Gasteiger partial charge >= 0.3 is 0 Å². The van der Waals surface area contributed by atoms with E-state index >= 15 is 0 Å². The number of nitro groups is 1. The average Bonchev–Trinajstić information content (AvgIpc) is 2.77. The Bertz CT molecular complexity index is 943. The molecule has 0 spiro atoms. The third kappa shape index (κ3) is 5.86. The topological polar surface area (TPSA) is 119 Å². The molecular weight excluding hydrogens is 380 g/mol. The number of nitro benzene ring substituents is 1. The van der Waals surface area contributed by atoms with Gasteiger partial charge in [0.1, 0.15) is 17.8 Å². The molecule has 0 aliphatic carbocycles. The van der Waals surface area contributed by atoms with Crippen molar-refractivity contribution in [2.24, 2.45) is 10.2 Å². The van der Waals surface area contributed by atoms with Crippen molar-refractivity contribution in [2.75, 3.05) is 18.0 Å². The number of nitriles is 2. The van der Waals surface area contributed by atoms with E-state index in [2.05, 4.69) is 29.0 Å². The van der Waals surface area contributed by atoms with Crippen molar-refractivity contribution in [3.8, 4) is 12.1 Å². The second-order valence-corrected chi connectivity index (χ2v) is 6.78. The molecule has 2 aromatic carbocycles. The van der Waals surface area contributed by atoms with Crippen LogP contribution in [0.1, 0.15) is 50.7 Å². The van der Waals surface area contributed by atoms with E-state index in [0.717, 1.165) is 56.6 Å². The van der Waals surface area contributed by atoms with Gasteiger partial charge in [-0.2, -0.15) is 15.6 Å². The summed E-state index contributed by atoms with van der Waals surface area (Å²) in [6.07, 6.45) is 4.51. The summed E-state index contributed by atoms with van der Waals surface area (Å²) in [6.45, 7) is 6.34. The summed E-state index contributed by atoms with van der Waals surface area (Å²) < 4.78 is 0. The minimum absolute atomic E-state index is 0.0298. The van der Waals surface area contributed by atoms with Crippen LogP contribution in [0.15, 0.2) is 46.6 Å². The Morgan fingerprint density at radius 1 is 0.967 bits per heavy atom. The summed E-state index contributed by atoms with van der Waals surface area (Å²) in [4.78, 5) is 12.7. The smallest absolute Gasteiger partial charge is 0.272 e. The van der Waals surface area contributed by atoms with Crippen LogP contribution in [0.5, 0.6) is 0 Å². The molecule has 0 amide bonds. The van der Waals surface area contributed by atoms with Crippen LogP contribution < -0.4 is 4.90 Å². The monoisotopic (exact) mass is 404 g/mol. The highest BCUT2D eigenvalue weighted by Crippen LogP contribution is 2.31. The standard InChI is InChI=1S/C22H24N6O2/c1-3-5-11-27(12-6-4-2)20-9-7-19(8-10-20)25-26-22-17(15-23)13-21(28(29)30)14-18(22)16-24/h7-10,13-14H,3-6,11-12H2,1-2H3. The Kier molecular flexibility index (Phi) is 8.46. The quantitative estimate of drug-likeness (QED) is 0.267. The second-order valence-electron chi connectivity index (χ2n) is 6.78. The molecule has 0 aromatic heterocycles. The molecular formula is C22H24N6O2. The van der Waals surface area contributed by atoms with Gasteiger partial charge in [-0.1, -0.05) is 26.7 Å². The first-order valence-corrected chi connectivity index (χ1v) is 9.93. The Morgan fingerprint density at radius 3 is 1.93 bits per heavy atom. The van der Waals surface area contributed by atoms with Gasteiger partial charge in [-0.15, -0.1) is 5.11 Å². The van der Waals surface area contributed by atoms with Gasteiger partial charge in [0.2, 0.25) is 0 Å². The van der Waals surface area contributed by atoms with Gasteiger partial charge in [-0.05, 0) is 37.1 Å². The molecule has 8 nitrogen and oxygen atoms in total. The zero-order chi connectivity index (χ0) is 21.9. The van der Waals surface area contributed by atoms with Crippen LogP contribution in [0.25, 0.3) is 0 Å². The molecule has 154 valence electrons. The van der Waals surface area contributed by atoms with E-state index in [4.69, 9.17) is 0 Å². The predicted octanol–water partition coefficient (Wildman–Crippen LogP) is 6.16. The maximum atomic E-state index is 11.0. The van der Waals surface area contributed by atoms with E-state index in [0.29, 0.717) is 5.69 Å². The maximum absolute atomic E-state index is 11.0. The van der Waals surface area contributed by atoms with Gasteiger partial charge in [0.15, 0.2) is 0 Å². The van der Waals surface area contributed by atoms with Crippen LogP contribution in [0.2, 0.25) is 0 Å². The summed E-state index contributed by atoms with van der Waals surface area (Å²) >= 11 is 0. The summed E-state index contributed by atoms with van der Waals surface area (Å²) in [5.74, 6) is 0. The van der Waals surface area contributed by atoms with Gasteiger partial charge in [0.05, 0.1) is 21.7 Å². The molecule has 0 saturated carbocycles. The molecule has 0 aliphatic heterocycles. The van der Waals surface area contributed by atoms with Crippen LogP contribution in [0.3, 0.4) is 0 Å². The first-order chi connectivity index (χ1) is 14.5. The van der Waals surface area contributed by atoms with Gasteiger partial charge in [0.25, 0.3) is 5.69 Å². The fourth-order valence-electron chi connectivity index (χ4n) is 2.91. The van der Waals surface area contributed by atoms with E-state index < -0.39 is 4.92 Å². The molecule has 2 aromatic rings. The molecule has 8 heteroatoms. The largest absolute Gasteiger partial charge is 0.372 e. The van der Waals surface area contributed by atoms with Crippen molar-refractivity contribution in [3.63, 3.8) is 0 Å². The number of non-ortho nitro benzene ring substituents is 1. The second kappa shape index (κ2) is 11.3. The summed E-state index contributed by atoms with van der Waals surface area (Å²) in [5.41, 5.74) is 1.25. The van der Waals surface area contributed by atoms with Crippen molar-refractivity contribution in [2.45, 2.75) is 39.5 Å². The Morgan fingerprint density at radius 2 is 1.50 bits per heavy atom. The van der Waals surface area contributed by atoms with E-state index in [1.807, 2.05) is 36.4 Å². The number of anilines is 1. The van der Waals surface area contributed by atoms with E-state index in [-0.39, 0.29) is 22.5 Å². The number of unbranched alkanes of at least 4 members (excludes halogenated alkanes) is 2. The molecule has 0 fully saturated rings. The molecule has 0 unspecified atom stereocenters. The van der Waals surface area contributed by atoms with Crippen LogP contribution in [-0.2, 0) is 0 Å². The highest BCUT2D eigenvalue weighted by molar-refractivity contribution is 5.67. The number of azo groups is 1. The number of hydrogen-bond donors (Lipinski definition) is 0. The van der Waals surface area contributed by atoms with Crippen molar-refractivity contribution in [1.82, 2.24) is 0 Å². The summed E-state index contributed by atoms with van der Waals surface area (Å²) in [5, 5.41) is 37.7. The Balaban J connectivity index is 2.27. The lowest BCUT2D eigenvalue weighted by Gasteiger charge is -2.24. The third-order valence-electron chi connectivity index (χ3n) is 4.59. The van der Waals surface area contributed by atoms with Gasteiger partial charge in [-0.25, -0.2) is 0 Å². The normalized spacial score (nSPS) is 10.5. The highest BCUT2D eigenvalue weighted by atomic mass is 16.6. The highest BCUT2D eigenvalue weighted by Gasteiger charge is 2.16. The minimum Gasteiger partial charge on any atom is -0.372 e. The number of hydrogen-bond acceptors (Lipinski definition) is 7. The maximum Gasteiger partial charge on any atom is 0.272 e. The van der Waals surface area contributed by atoms with Crippen LogP contribution in [0.4, 0.5) is 22.7 Å². The molecule has 0 saturated heterocycles. The number of benzene rings is 2. The molecule has 0 aliphatic rings. The summed E-state index contributed by atoms with van der Waals surface area (Å²) in [6, 6.07) is 13.5. The lowest BCUT2D eigenvalue weighted by atomic mass is 10.1. The van der Waals surface area contributed by atoms with Crippen molar-refractivity contribution in [3.05, 3.63) is 57.6 Å². The molecule has 30 heavy (non-hydrogen) atoms. The van der Waals surface area contributed by atoms with Crippen LogP contribution in [-0.4, -0.2) is 18.0 Å². The van der Waals surface area contributed by atoms with Gasteiger partial charge in [-0.3, -0.25) is 10.1 Å². The van der Waals surface area contributed by atoms with E-state index in [9.17, 15) is 20.6 Å². The molecule has 0 radical (unpaired) electrons. The minimum atomic E-state index is -0.649. The predicted molar refractivity (Wildman–Crippen MR) is 115 cm³/mol. The zero-order valence-electron chi connectivity index (χ0n) is 17.2. The fourth-order valence-corrected chi connectivity index (χ4v) is 2.91. The van der Waals surface area contributed by atoms with Crippen molar-refractivity contribution < 1.29 is 4.92 Å². The Labute approximate surface area is 176 Å². The van der Waals surface area contributed by atoms with Gasteiger partial charge in [0, 0.05) is 30.9 Å². The number of rotatable bonds is 10. The van der Waals surface area contributed by atoms with Crippen molar-refractivity contribution in [1.29, 1.82) is 10.5 Å². The van der Waals surface area contributed by atoms with Crippen LogP contribution in [0, 0.1) is 32.8 Å². The molecule has 0 N–H and O–H groups in total.